The molecule has 0 saturated carbocycles. The largest absolute Gasteiger partial charge is 0.497 e. The predicted octanol–water partition coefficient (Wildman–Crippen LogP) is 3.82. The number of carbonyl (C=O) groups is 1. The summed E-state index contributed by atoms with van der Waals surface area (Å²) in [5, 5.41) is 11.3. The Bertz CT molecular complexity index is 951. The van der Waals surface area contributed by atoms with Crippen LogP contribution in [0.4, 0.5) is 17.2 Å². The minimum absolute atomic E-state index is 0.158. The van der Waals surface area contributed by atoms with Crippen LogP contribution in [-0.4, -0.2) is 37.4 Å². The lowest BCUT2D eigenvalue weighted by molar-refractivity contribution is 0.0993. The van der Waals surface area contributed by atoms with Crippen molar-refractivity contribution in [3.05, 3.63) is 65.9 Å². The third-order valence-corrected chi connectivity index (χ3v) is 4.21. The van der Waals surface area contributed by atoms with E-state index in [0.717, 1.165) is 11.4 Å². The Kier molecular flexibility index (Phi) is 5.74. The summed E-state index contributed by atoms with van der Waals surface area (Å²) in [7, 11) is 4.86. The summed E-state index contributed by atoms with van der Waals surface area (Å²) in [5.41, 5.74) is 2.80. The van der Waals surface area contributed by atoms with Crippen LogP contribution in [-0.2, 0) is 0 Å². The van der Waals surface area contributed by atoms with E-state index in [4.69, 9.17) is 9.47 Å². The van der Waals surface area contributed by atoms with Gasteiger partial charge in [0.25, 0.3) is 5.91 Å². The van der Waals surface area contributed by atoms with E-state index in [1.807, 2.05) is 31.2 Å². The molecule has 3 aromatic rings. The van der Waals surface area contributed by atoms with Gasteiger partial charge in [0, 0.05) is 36.5 Å². The van der Waals surface area contributed by atoms with E-state index in [9.17, 15) is 4.79 Å². The molecule has 1 heterocycles. The van der Waals surface area contributed by atoms with Crippen molar-refractivity contribution >= 4 is 23.1 Å². The molecular formula is C21H22N4O3. The maximum atomic E-state index is 13.0. The number of hydrogen-bond donors (Lipinski definition) is 1. The highest BCUT2D eigenvalue weighted by atomic mass is 16.5. The van der Waals surface area contributed by atoms with Crippen LogP contribution >= 0.6 is 0 Å². The molecule has 0 aliphatic heterocycles. The van der Waals surface area contributed by atoms with E-state index in [-0.39, 0.29) is 5.91 Å². The van der Waals surface area contributed by atoms with Gasteiger partial charge in [-0.3, -0.25) is 4.79 Å². The van der Waals surface area contributed by atoms with E-state index in [2.05, 4.69) is 15.5 Å². The molecule has 1 amide bonds. The van der Waals surface area contributed by atoms with Crippen molar-refractivity contribution < 1.29 is 14.3 Å². The molecule has 0 saturated heterocycles. The van der Waals surface area contributed by atoms with E-state index < -0.39 is 0 Å². The van der Waals surface area contributed by atoms with E-state index in [0.29, 0.717) is 28.6 Å². The number of aryl methyl sites for hydroxylation is 1. The standard InChI is InChI=1S/C21H22N4O3/c1-14-8-9-20(24-23-14)22-16-7-5-6-15(10-16)21(26)25(2)17-11-18(27-3)13-19(12-17)28-4/h5-13H,1-4H3,(H,22,24). The van der Waals surface area contributed by atoms with Crippen LogP contribution in [0.25, 0.3) is 0 Å². The number of carbonyl (C=O) groups excluding carboxylic acids is 1. The number of hydrogen-bond acceptors (Lipinski definition) is 6. The Balaban J connectivity index is 1.83. The number of rotatable bonds is 6. The normalized spacial score (nSPS) is 10.3. The van der Waals surface area contributed by atoms with Crippen molar-refractivity contribution in [3.63, 3.8) is 0 Å². The zero-order chi connectivity index (χ0) is 20.1. The number of nitrogens with one attached hydrogen (secondary N) is 1. The van der Waals surface area contributed by atoms with Gasteiger partial charge in [-0.15, -0.1) is 5.10 Å². The summed E-state index contributed by atoms with van der Waals surface area (Å²) in [6.45, 7) is 1.87. The van der Waals surface area contributed by atoms with Gasteiger partial charge in [-0.2, -0.15) is 5.10 Å². The van der Waals surface area contributed by atoms with Crippen molar-refractivity contribution in [3.8, 4) is 11.5 Å². The quantitative estimate of drug-likeness (QED) is 0.703. The van der Waals surface area contributed by atoms with Crippen molar-refractivity contribution in [2.75, 3.05) is 31.5 Å². The van der Waals surface area contributed by atoms with Crippen LogP contribution in [0.2, 0.25) is 0 Å². The van der Waals surface area contributed by atoms with Crippen LogP contribution in [0.5, 0.6) is 11.5 Å². The van der Waals surface area contributed by atoms with Crippen molar-refractivity contribution in [2.45, 2.75) is 6.92 Å². The fraction of sp³-hybridized carbons (Fsp3) is 0.190. The third-order valence-electron chi connectivity index (χ3n) is 4.21. The molecule has 1 aromatic heterocycles. The molecule has 0 radical (unpaired) electrons. The van der Waals surface area contributed by atoms with Crippen molar-refractivity contribution in [1.29, 1.82) is 0 Å². The Morgan fingerprint density at radius 2 is 1.68 bits per heavy atom. The first-order valence-corrected chi connectivity index (χ1v) is 8.68. The molecule has 0 aliphatic carbocycles. The molecule has 1 N–H and O–H groups in total. The van der Waals surface area contributed by atoms with Gasteiger partial charge >= 0.3 is 0 Å². The second-order valence-electron chi connectivity index (χ2n) is 6.20. The first kappa shape index (κ1) is 19.2. The first-order chi connectivity index (χ1) is 13.5. The van der Waals surface area contributed by atoms with Gasteiger partial charge in [0.1, 0.15) is 11.5 Å². The van der Waals surface area contributed by atoms with Crippen LogP contribution in [0.15, 0.2) is 54.6 Å². The molecule has 0 aliphatic rings. The monoisotopic (exact) mass is 378 g/mol. The number of aromatic nitrogens is 2. The summed E-state index contributed by atoms with van der Waals surface area (Å²) in [5.74, 6) is 1.68. The molecule has 0 spiro atoms. The molecule has 3 rings (SSSR count). The number of ether oxygens (including phenoxy) is 2. The van der Waals surface area contributed by atoms with E-state index in [1.165, 1.54) is 0 Å². The fourth-order valence-electron chi connectivity index (χ4n) is 2.64. The predicted molar refractivity (Wildman–Crippen MR) is 109 cm³/mol. The van der Waals surface area contributed by atoms with Crippen LogP contribution in [0.1, 0.15) is 16.1 Å². The number of amides is 1. The lowest BCUT2D eigenvalue weighted by atomic mass is 10.1. The maximum Gasteiger partial charge on any atom is 0.258 e. The van der Waals surface area contributed by atoms with E-state index in [1.54, 1.807) is 56.5 Å². The summed E-state index contributed by atoms with van der Waals surface area (Å²) < 4.78 is 10.6. The Hall–Kier alpha value is -3.61. The smallest absolute Gasteiger partial charge is 0.258 e. The number of benzene rings is 2. The number of methoxy groups -OCH3 is 2. The summed E-state index contributed by atoms with van der Waals surface area (Å²) in [6.07, 6.45) is 0. The average Bonchev–Trinajstić information content (AvgIpc) is 2.74. The van der Waals surface area contributed by atoms with Gasteiger partial charge < -0.3 is 19.7 Å². The third kappa shape index (κ3) is 4.37. The highest BCUT2D eigenvalue weighted by Gasteiger charge is 2.16. The van der Waals surface area contributed by atoms with Gasteiger partial charge in [0.2, 0.25) is 0 Å². The molecule has 0 bridgehead atoms. The van der Waals surface area contributed by atoms with Crippen molar-refractivity contribution in [2.24, 2.45) is 0 Å². The fourth-order valence-corrected chi connectivity index (χ4v) is 2.64. The zero-order valence-electron chi connectivity index (χ0n) is 16.3. The Morgan fingerprint density at radius 3 is 2.29 bits per heavy atom. The lowest BCUT2D eigenvalue weighted by Gasteiger charge is -2.19. The molecule has 7 heteroatoms. The SMILES string of the molecule is COc1cc(OC)cc(N(C)C(=O)c2cccc(Nc3ccc(C)nn3)c2)c1. The molecule has 0 unspecified atom stereocenters. The minimum Gasteiger partial charge on any atom is -0.497 e. The van der Waals surface area contributed by atoms with Crippen LogP contribution in [0.3, 0.4) is 0 Å². The Labute approximate surface area is 163 Å². The number of nitrogens with zero attached hydrogens (tertiary/aromatic N) is 3. The molecule has 0 atom stereocenters. The van der Waals surface area contributed by atoms with Crippen molar-refractivity contribution in [1.82, 2.24) is 10.2 Å². The zero-order valence-corrected chi connectivity index (χ0v) is 16.3. The molecule has 2 aromatic carbocycles. The molecular weight excluding hydrogens is 356 g/mol. The van der Waals surface area contributed by atoms with Gasteiger partial charge in [-0.05, 0) is 37.3 Å². The van der Waals surface area contributed by atoms with Crippen LogP contribution in [0, 0.1) is 6.92 Å². The van der Waals surface area contributed by atoms with Gasteiger partial charge in [-0.1, -0.05) is 6.07 Å². The topological polar surface area (TPSA) is 76.6 Å². The summed E-state index contributed by atoms with van der Waals surface area (Å²) in [6, 6.07) is 16.3. The average molecular weight is 378 g/mol. The molecule has 7 nitrogen and oxygen atoms in total. The lowest BCUT2D eigenvalue weighted by Crippen LogP contribution is -2.26. The van der Waals surface area contributed by atoms with Crippen LogP contribution < -0.4 is 19.7 Å². The highest BCUT2D eigenvalue weighted by Crippen LogP contribution is 2.29. The van der Waals surface area contributed by atoms with E-state index >= 15 is 0 Å². The second kappa shape index (κ2) is 8.39. The maximum absolute atomic E-state index is 13.0. The highest BCUT2D eigenvalue weighted by molar-refractivity contribution is 6.06. The molecule has 144 valence electrons. The van der Waals surface area contributed by atoms with Gasteiger partial charge in [0.05, 0.1) is 25.6 Å². The summed E-state index contributed by atoms with van der Waals surface area (Å²) >= 11 is 0. The molecule has 0 fully saturated rings. The van der Waals surface area contributed by atoms with Gasteiger partial charge in [0.15, 0.2) is 5.82 Å². The number of anilines is 3. The Morgan fingerprint density at radius 1 is 0.964 bits per heavy atom. The minimum atomic E-state index is -0.158. The second-order valence-corrected chi connectivity index (χ2v) is 6.20. The summed E-state index contributed by atoms with van der Waals surface area (Å²) in [4.78, 5) is 14.5. The first-order valence-electron chi connectivity index (χ1n) is 8.68. The molecule has 28 heavy (non-hydrogen) atoms. The van der Waals surface area contributed by atoms with Gasteiger partial charge in [-0.25, -0.2) is 0 Å².